The Morgan fingerprint density at radius 3 is 2.19 bits per heavy atom. The Labute approximate surface area is 185 Å². The highest BCUT2D eigenvalue weighted by Gasteiger charge is 2.16. The van der Waals surface area contributed by atoms with Gasteiger partial charge in [0.15, 0.2) is 0 Å². The second kappa shape index (κ2) is 18.9. The average molecular weight is 445 g/mol. The molecule has 0 aromatic heterocycles. The van der Waals surface area contributed by atoms with Gasteiger partial charge >= 0.3 is 6.09 Å². The summed E-state index contributed by atoms with van der Waals surface area (Å²) in [4.78, 5) is 26.3. The Balaban J connectivity index is 3.47. The predicted molar refractivity (Wildman–Crippen MR) is 118 cm³/mol. The maximum Gasteiger partial charge on any atom is 0.407 e. The zero-order valence-corrected chi connectivity index (χ0v) is 19.6. The van der Waals surface area contributed by atoms with Crippen molar-refractivity contribution in [1.82, 2.24) is 5.32 Å². The van der Waals surface area contributed by atoms with Crippen LogP contribution in [0.2, 0.25) is 0 Å². The molecule has 0 aliphatic carbocycles. The third-order valence-corrected chi connectivity index (χ3v) is 4.14. The van der Waals surface area contributed by atoms with Crippen molar-refractivity contribution in [3.63, 3.8) is 0 Å². The third kappa shape index (κ3) is 21.2. The fourth-order valence-corrected chi connectivity index (χ4v) is 2.53. The normalized spacial score (nSPS) is 12.1. The molecule has 0 heterocycles. The van der Waals surface area contributed by atoms with Gasteiger partial charge in [0.2, 0.25) is 0 Å². The number of carbonyl (C=O) groups excluding carboxylic acids is 2. The van der Waals surface area contributed by atoms with Crippen molar-refractivity contribution in [2.24, 2.45) is 11.0 Å². The van der Waals surface area contributed by atoms with E-state index in [0.29, 0.717) is 65.6 Å². The highest BCUT2D eigenvalue weighted by atomic mass is 16.6. The molecular formula is C21H40N4O6. The fraction of sp³-hybridized carbons (Fsp3) is 0.905. The van der Waals surface area contributed by atoms with Crippen molar-refractivity contribution in [3.05, 3.63) is 10.4 Å². The molecule has 0 fully saturated rings. The lowest BCUT2D eigenvalue weighted by Gasteiger charge is -2.19. The van der Waals surface area contributed by atoms with Crippen molar-refractivity contribution in [3.8, 4) is 0 Å². The molecule has 0 saturated heterocycles. The van der Waals surface area contributed by atoms with Crippen molar-refractivity contribution >= 4 is 11.9 Å². The van der Waals surface area contributed by atoms with Gasteiger partial charge in [0.05, 0.1) is 33.0 Å². The first-order valence-corrected chi connectivity index (χ1v) is 11.0. The van der Waals surface area contributed by atoms with Crippen molar-refractivity contribution in [2.75, 3.05) is 52.7 Å². The number of Topliss-reactive ketones (excluding diaryl/α,β-unsaturated/α-hetero) is 1. The first kappa shape index (κ1) is 29.1. The Morgan fingerprint density at radius 2 is 1.58 bits per heavy atom. The van der Waals surface area contributed by atoms with E-state index in [4.69, 9.17) is 24.5 Å². The summed E-state index contributed by atoms with van der Waals surface area (Å²) in [6.07, 6.45) is 3.32. The van der Waals surface area contributed by atoms with Gasteiger partial charge in [-0.25, -0.2) is 4.79 Å². The van der Waals surface area contributed by atoms with E-state index < -0.39 is 11.7 Å². The number of hydrogen-bond donors (Lipinski definition) is 1. The van der Waals surface area contributed by atoms with Gasteiger partial charge in [-0.15, -0.1) is 0 Å². The Hall–Kier alpha value is -1.87. The first-order chi connectivity index (χ1) is 14.8. The molecule has 31 heavy (non-hydrogen) atoms. The summed E-state index contributed by atoms with van der Waals surface area (Å²) >= 11 is 0. The van der Waals surface area contributed by atoms with E-state index in [1.165, 1.54) is 0 Å². The molecule has 1 atom stereocenters. The van der Waals surface area contributed by atoms with Crippen LogP contribution in [-0.4, -0.2) is 70.2 Å². The van der Waals surface area contributed by atoms with Gasteiger partial charge in [-0.05, 0) is 45.6 Å². The molecule has 0 spiro atoms. The van der Waals surface area contributed by atoms with Crippen LogP contribution in [0.3, 0.4) is 0 Å². The molecule has 0 rings (SSSR count). The molecule has 0 saturated carbocycles. The van der Waals surface area contributed by atoms with E-state index in [0.717, 1.165) is 19.3 Å². The van der Waals surface area contributed by atoms with Crippen LogP contribution in [0.1, 0.15) is 59.8 Å². The summed E-state index contributed by atoms with van der Waals surface area (Å²) in [5.74, 6) is 0.265. The molecule has 180 valence electrons. The van der Waals surface area contributed by atoms with E-state index >= 15 is 0 Å². The molecule has 0 aromatic carbocycles. The minimum absolute atomic E-state index is 0.0173. The van der Waals surface area contributed by atoms with Crippen LogP contribution in [0, 0.1) is 5.92 Å². The zero-order valence-electron chi connectivity index (χ0n) is 19.6. The average Bonchev–Trinajstić information content (AvgIpc) is 2.69. The SMILES string of the molecule is C[C@@H](CCCCNC(=O)OC(C)(C)C)C(=O)CCCOCCOCCOCCN=[N+]=[N-]. The summed E-state index contributed by atoms with van der Waals surface area (Å²) in [5, 5.41) is 6.09. The van der Waals surface area contributed by atoms with Crippen molar-refractivity contribution < 1.29 is 28.5 Å². The number of nitrogens with zero attached hydrogens (tertiary/aromatic N) is 3. The number of carbonyl (C=O) groups is 2. The monoisotopic (exact) mass is 444 g/mol. The summed E-state index contributed by atoms with van der Waals surface area (Å²) in [5.41, 5.74) is 7.62. The van der Waals surface area contributed by atoms with Crippen LogP contribution in [0.15, 0.2) is 5.11 Å². The molecule has 10 heteroatoms. The molecule has 0 radical (unpaired) electrons. The van der Waals surface area contributed by atoms with Crippen molar-refractivity contribution in [2.45, 2.75) is 65.4 Å². The quantitative estimate of drug-likeness (QED) is 0.138. The maximum atomic E-state index is 12.2. The van der Waals surface area contributed by atoms with Gasteiger partial charge < -0.3 is 24.3 Å². The Morgan fingerprint density at radius 1 is 0.968 bits per heavy atom. The van der Waals surface area contributed by atoms with Crippen LogP contribution in [0.4, 0.5) is 4.79 Å². The molecule has 0 aromatic rings. The number of ketones is 1. The maximum absolute atomic E-state index is 12.2. The number of unbranched alkanes of at least 4 members (excludes halogenated alkanes) is 1. The lowest BCUT2D eigenvalue weighted by Crippen LogP contribution is -2.33. The van der Waals surface area contributed by atoms with Crippen LogP contribution in [0.5, 0.6) is 0 Å². The molecular weight excluding hydrogens is 404 g/mol. The van der Waals surface area contributed by atoms with Crippen LogP contribution < -0.4 is 5.32 Å². The number of rotatable bonds is 19. The first-order valence-electron chi connectivity index (χ1n) is 11.0. The number of alkyl carbamates (subject to hydrolysis) is 1. The minimum atomic E-state index is -0.494. The van der Waals surface area contributed by atoms with E-state index in [9.17, 15) is 9.59 Å². The lowest BCUT2D eigenvalue weighted by atomic mass is 9.96. The second-order valence-electron chi connectivity index (χ2n) is 8.19. The highest BCUT2D eigenvalue weighted by molar-refractivity contribution is 5.80. The summed E-state index contributed by atoms with van der Waals surface area (Å²) in [6.45, 7) is 11.1. The molecule has 0 unspecified atom stereocenters. The largest absolute Gasteiger partial charge is 0.444 e. The summed E-state index contributed by atoms with van der Waals surface area (Å²) in [6, 6.07) is 0. The summed E-state index contributed by atoms with van der Waals surface area (Å²) in [7, 11) is 0. The van der Waals surface area contributed by atoms with Gasteiger partial charge in [0.25, 0.3) is 0 Å². The molecule has 0 bridgehead atoms. The predicted octanol–water partition coefficient (Wildman–Crippen LogP) is 4.03. The number of nitrogens with one attached hydrogen (secondary N) is 1. The van der Waals surface area contributed by atoms with Gasteiger partial charge in [-0.2, -0.15) is 0 Å². The Kier molecular flexibility index (Phi) is 17.7. The lowest BCUT2D eigenvalue weighted by molar-refractivity contribution is -0.123. The van der Waals surface area contributed by atoms with Crippen LogP contribution >= 0.6 is 0 Å². The molecule has 10 nitrogen and oxygen atoms in total. The number of hydrogen-bond acceptors (Lipinski definition) is 7. The zero-order chi connectivity index (χ0) is 23.4. The number of azide groups is 1. The topological polar surface area (TPSA) is 132 Å². The van der Waals surface area contributed by atoms with E-state index in [1.807, 2.05) is 27.7 Å². The molecule has 0 aliphatic heterocycles. The van der Waals surface area contributed by atoms with E-state index in [2.05, 4.69) is 15.3 Å². The van der Waals surface area contributed by atoms with Crippen molar-refractivity contribution in [1.29, 1.82) is 0 Å². The standard InChI is InChI=1S/C21H40N4O6/c1-18(8-5-6-10-23-20(27)31-21(2,3)4)19(26)9-7-12-28-14-16-30-17-15-29-13-11-24-25-22/h18H,5-17H2,1-4H3,(H,23,27)/t18-/m0/s1. The van der Waals surface area contributed by atoms with Gasteiger partial charge in [0, 0.05) is 36.9 Å². The summed E-state index contributed by atoms with van der Waals surface area (Å²) < 4.78 is 21.2. The fourth-order valence-electron chi connectivity index (χ4n) is 2.53. The molecule has 1 amide bonds. The molecule has 1 N–H and O–H groups in total. The Bertz CT molecular complexity index is 532. The second-order valence-corrected chi connectivity index (χ2v) is 8.19. The smallest absolute Gasteiger partial charge is 0.407 e. The van der Waals surface area contributed by atoms with E-state index in [-0.39, 0.29) is 11.7 Å². The molecule has 0 aliphatic rings. The number of amides is 1. The number of ether oxygens (including phenoxy) is 4. The van der Waals surface area contributed by atoms with Crippen LogP contribution in [0.25, 0.3) is 10.4 Å². The van der Waals surface area contributed by atoms with Crippen LogP contribution in [-0.2, 0) is 23.7 Å². The van der Waals surface area contributed by atoms with Gasteiger partial charge in [-0.1, -0.05) is 18.5 Å². The minimum Gasteiger partial charge on any atom is -0.444 e. The van der Waals surface area contributed by atoms with E-state index in [1.54, 1.807) is 0 Å². The van der Waals surface area contributed by atoms with Gasteiger partial charge in [0.1, 0.15) is 11.4 Å². The highest BCUT2D eigenvalue weighted by Crippen LogP contribution is 2.12. The van der Waals surface area contributed by atoms with Gasteiger partial charge in [-0.3, -0.25) is 4.79 Å². The third-order valence-electron chi connectivity index (χ3n) is 4.14.